The molecule has 1 N–H and O–H groups in total. The van der Waals surface area contributed by atoms with Crippen molar-refractivity contribution < 1.29 is 31.1 Å². The summed E-state index contributed by atoms with van der Waals surface area (Å²) in [6, 6.07) is 3.49. The second-order valence-electron chi connectivity index (χ2n) is 8.22. The predicted octanol–water partition coefficient (Wildman–Crippen LogP) is 5.03. The SMILES string of the molecule is CC(C)n1nc(C(F)(F)F)cc1C(=O)N[C@H]1CCCn2nc(-c3ccnc(C(F)(F)F)c3)cc21. The van der Waals surface area contributed by atoms with Gasteiger partial charge in [0.1, 0.15) is 11.4 Å². The van der Waals surface area contributed by atoms with E-state index in [1.807, 2.05) is 0 Å². The summed E-state index contributed by atoms with van der Waals surface area (Å²) < 4.78 is 81.1. The van der Waals surface area contributed by atoms with E-state index in [-0.39, 0.29) is 17.0 Å². The van der Waals surface area contributed by atoms with E-state index in [4.69, 9.17) is 0 Å². The molecular weight excluding hydrogens is 466 g/mol. The van der Waals surface area contributed by atoms with Crippen molar-refractivity contribution in [3.63, 3.8) is 0 Å². The van der Waals surface area contributed by atoms with E-state index in [0.29, 0.717) is 31.1 Å². The quantitative estimate of drug-likeness (QED) is 0.525. The summed E-state index contributed by atoms with van der Waals surface area (Å²) in [7, 11) is 0. The highest BCUT2D eigenvalue weighted by molar-refractivity contribution is 5.93. The summed E-state index contributed by atoms with van der Waals surface area (Å²) in [6.07, 6.45) is -7.17. The number of alkyl halides is 6. The molecule has 1 atom stereocenters. The van der Waals surface area contributed by atoms with Crippen molar-refractivity contribution in [3.05, 3.63) is 53.2 Å². The first-order chi connectivity index (χ1) is 15.8. The second kappa shape index (κ2) is 8.44. The van der Waals surface area contributed by atoms with Gasteiger partial charge in [0.15, 0.2) is 5.69 Å². The fraction of sp³-hybridized carbons (Fsp3) is 0.429. The van der Waals surface area contributed by atoms with Crippen molar-refractivity contribution in [1.82, 2.24) is 29.9 Å². The second-order valence-corrected chi connectivity index (χ2v) is 8.22. The molecule has 1 amide bonds. The maximum atomic E-state index is 13.1. The molecule has 0 aromatic carbocycles. The summed E-state index contributed by atoms with van der Waals surface area (Å²) in [4.78, 5) is 16.3. The first-order valence-electron chi connectivity index (χ1n) is 10.4. The van der Waals surface area contributed by atoms with Gasteiger partial charge in [-0.3, -0.25) is 19.1 Å². The number of pyridine rings is 1. The van der Waals surface area contributed by atoms with Gasteiger partial charge < -0.3 is 5.32 Å². The fourth-order valence-electron chi connectivity index (χ4n) is 3.84. The summed E-state index contributed by atoms with van der Waals surface area (Å²) in [5, 5.41) is 10.6. The zero-order valence-electron chi connectivity index (χ0n) is 18.1. The highest BCUT2D eigenvalue weighted by Crippen LogP contribution is 2.33. The van der Waals surface area contributed by atoms with E-state index in [0.717, 1.165) is 16.9 Å². The minimum Gasteiger partial charge on any atom is -0.342 e. The van der Waals surface area contributed by atoms with Crippen molar-refractivity contribution in [2.75, 3.05) is 0 Å². The Labute approximate surface area is 189 Å². The van der Waals surface area contributed by atoms with E-state index in [1.165, 1.54) is 6.07 Å². The summed E-state index contributed by atoms with van der Waals surface area (Å²) in [5.41, 5.74) is -1.42. The van der Waals surface area contributed by atoms with Crippen LogP contribution in [0, 0.1) is 0 Å². The minimum absolute atomic E-state index is 0.210. The lowest BCUT2D eigenvalue weighted by Gasteiger charge is -2.24. The molecule has 7 nitrogen and oxygen atoms in total. The molecule has 1 aliphatic heterocycles. The van der Waals surface area contributed by atoms with E-state index >= 15 is 0 Å². The fourth-order valence-corrected chi connectivity index (χ4v) is 3.84. The number of rotatable bonds is 4. The number of aromatic nitrogens is 5. The standard InChI is InChI=1S/C21H20F6N6O/c1-11(2)33-16(10-18(31-33)21(25,26)27)19(34)29-13-4-3-7-32-15(13)9-14(30-32)12-5-6-28-17(8-12)20(22,23)24/h5-6,8-11,13H,3-4,7H2,1-2H3,(H,29,34)/t13-/m0/s1. The normalized spacial score (nSPS) is 16.6. The predicted molar refractivity (Wildman–Crippen MR) is 108 cm³/mol. The average Bonchev–Trinajstić information content (AvgIpc) is 3.39. The zero-order valence-corrected chi connectivity index (χ0v) is 18.1. The monoisotopic (exact) mass is 486 g/mol. The van der Waals surface area contributed by atoms with Crippen LogP contribution >= 0.6 is 0 Å². The maximum absolute atomic E-state index is 13.1. The third-order valence-corrected chi connectivity index (χ3v) is 5.43. The zero-order chi connectivity index (χ0) is 24.8. The van der Waals surface area contributed by atoms with Gasteiger partial charge in [-0.2, -0.15) is 36.5 Å². The molecule has 0 unspecified atom stereocenters. The van der Waals surface area contributed by atoms with Gasteiger partial charge in [0, 0.05) is 30.4 Å². The van der Waals surface area contributed by atoms with Crippen LogP contribution in [-0.2, 0) is 18.9 Å². The van der Waals surface area contributed by atoms with Gasteiger partial charge in [0.2, 0.25) is 0 Å². The molecule has 1 aliphatic rings. The Kier molecular flexibility index (Phi) is 5.90. The van der Waals surface area contributed by atoms with Crippen LogP contribution in [0.5, 0.6) is 0 Å². The Bertz CT molecular complexity index is 1210. The van der Waals surface area contributed by atoms with Gasteiger partial charge in [-0.15, -0.1) is 0 Å². The lowest BCUT2D eigenvalue weighted by atomic mass is 10.0. The van der Waals surface area contributed by atoms with Crippen LogP contribution in [0.15, 0.2) is 30.5 Å². The van der Waals surface area contributed by atoms with Crippen LogP contribution in [0.4, 0.5) is 26.3 Å². The molecule has 0 saturated heterocycles. The van der Waals surface area contributed by atoms with Crippen LogP contribution in [0.3, 0.4) is 0 Å². The van der Waals surface area contributed by atoms with E-state index in [1.54, 1.807) is 24.6 Å². The van der Waals surface area contributed by atoms with E-state index in [9.17, 15) is 31.1 Å². The topological polar surface area (TPSA) is 77.6 Å². The molecular formula is C21H20F6N6O. The van der Waals surface area contributed by atoms with Gasteiger partial charge in [0.05, 0.1) is 17.4 Å². The number of halogens is 6. The Morgan fingerprint density at radius 2 is 1.76 bits per heavy atom. The molecule has 0 saturated carbocycles. The Morgan fingerprint density at radius 1 is 1.06 bits per heavy atom. The van der Waals surface area contributed by atoms with Crippen molar-refractivity contribution in [2.24, 2.45) is 0 Å². The molecule has 0 fully saturated rings. The molecule has 13 heteroatoms. The van der Waals surface area contributed by atoms with Gasteiger partial charge in [0.25, 0.3) is 5.91 Å². The Balaban J connectivity index is 1.62. The van der Waals surface area contributed by atoms with Crippen LogP contribution < -0.4 is 5.32 Å². The highest BCUT2D eigenvalue weighted by Gasteiger charge is 2.37. The molecule has 0 spiro atoms. The van der Waals surface area contributed by atoms with E-state index in [2.05, 4.69) is 20.5 Å². The summed E-state index contributed by atoms with van der Waals surface area (Å²) in [5.74, 6) is -0.735. The number of nitrogens with zero attached hydrogens (tertiary/aromatic N) is 5. The molecule has 0 aliphatic carbocycles. The molecule has 0 bridgehead atoms. The first kappa shape index (κ1) is 23.8. The molecule has 0 radical (unpaired) electrons. The van der Waals surface area contributed by atoms with Crippen molar-refractivity contribution in [1.29, 1.82) is 0 Å². The van der Waals surface area contributed by atoms with Gasteiger partial charge in [-0.25, -0.2) is 0 Å². The smallest absolute Gasteiger partial charge is 0.342 e. The molecule has 182 valence electrons. The van der Waals surface area contributed by atoms with Crippen LogP contribution in [0.2, 0.25) is 0 Å². The number of fused-ring (bicyclic) bond motifs is 1. The number of nitrogens with one attached hydrogen (secondary N) is 1. The number of carbonyl (C=O) groups is 1. The average molecular weight is 486 g/mol. The molecule has 34 heavy (non-hydrogen) atoms. The molecule has 4 heterocycles. The van der Waals surface area contributed by atoms with Crippen molar-refractivity contribution in [2.45, 2.75) is 57.7 Å². The number of carbonyl (C=O) groups excluding carboxylic acids is 1. The lowest BCUT2D eigenvalue weighted by molar-refractivity contribution is -0.142. The number of aryl methyl sites for hydroxylation is 1. The molecule has 3 aromatic heterocycles. The summed E-state index contributed by atoms with van der Waals surface area (Å²) in [6.45, 7) is 3.70. The molecule has 3 aromatic rings. The number of hydrogen-bond donors (Lipinski definition) is 1. The molecule has 4 rings (SSSR count). The highest BCUT2D eigenvalue weighted by atomic mass is 19.4. The maximum Gasteiger partial charge on any atom is 0.435 e. The van der Waals surface area contributed by atoms with E-state index < -0.39 is 41.7 Å². The van der Waals surface area contributed by atoms with Crippen LogP contribution in [0.25, 0.3) is 11.3 Å². The van der Waals surface area contributed by atoms with Crippen molar-refractivity contribution >= 4 is 5.91 Å². The minimum atomic E-state index is -4.70. The van der Waals surface area contributed by atoms with Crippen LogP contribution in [-0.4, -0.2) is 30.5 Å². The third-order valence-electron chi connectivity index (χ3n) is 5.43. The van der Waals surface area contributed by atoms with Crippen LogP contribution in [0.1, 0.15) is 66.3 Å². The third kappa shape index (κ3) is 4.64. The van der Waals surface area contributed by atoms with Crippen molar-refractivity contribution in [3.8, 4) is 11.3 Å². The lowest BCUT2D eigenvalue weighted by Crippen LogP contribution is -2.34. The Hall–Kier alpha value is -3.38. The van der Waals surface area contributed by atoms with Gasteiger partial charge >= 0.3 is 12.4 Å². The van der Waals surface area contributed by atoms with Gasteiger partial charge in [-0.05, 0) is 44.9 Å². The summed E-state index contributed by atoms with van der Waals surface area (Å²) >= 11 is 0. The first-order valence-corrected chi connectivity index (χ1v) is 10.4. The largest absolute Gasteiger partial charge is 0.435 e. The number of hydrogen-bond acceptors (Lipinski definition) is 4. The number of amides is 1. The van der Waals surface area contributed by atoms with Gasteiger partial charge in [-0.1, -0.05) is 0 Å². The Morgan fingerprint density at radius 3 is 2.41 bits per heavy atom.